The molecule has 0 aliphatic carbocycles. The highest BCUT2D eigenvalue weighted by Crippen LogP contribution is 2.15. The molecule has 1 rings (SSSR count). The number of anilines is 1. The van der Waals surface area contributed by atoms with Gasteiger partial charge in [0.2, 0.25) is 5.91 Å². The van der Waals surface area contributed by atoms with E-state index < -0.39 is 0 Å². The number of carbonyl (C=O) groups excluding carboxylic acids is 1. The molecule has 5 heteroatoms. The molecule has 0 spiro atoms. The lowest BCUT2D eigenvalue weighted by Gasteiger charge is -2.19. The zero-order chi connectivity index (χ0) is 12.9. The van der Waals surface area contributed by atoms with Crippen molar-refractivity contribution < 1.29 is 9.63 Å². The molecule has 2 N–H and O–H groups in total. The van der Waals surface area contributed by atoms with Crippen LogP contribution in [0.25, 0.3) is 0 Å². The van der Waals surface area contributed by atoms with Gasteiger partial charge in [0.1, 0.15) is 6.54 Å². The Morgan fingerprint density at radius 1 is 1.41 bits per heavy atom. The molecule has 0 bridgehead atoms. The van der Waals surface area contributed by atoms with E-state index in [0.29, 0.717) is 0 Å². The monoisotopic (exact) mass is 300 g/mol. The van der Waals surface area contributed by atoms with Gasteiger partial charge in [-0.25, -0.2) is 0 Å². The van der Waals surface area contributed by atoms with E-state index in [-0.39, 0.29) is 18.1 Å². The molecule has 1 aromatic rings. The SMILES string of the molecule is CC(C)(C)ONCC(=O)Nc1cccc(Br)c1. The summed E-state index contributed by atoms with van der Waals surface area (Å²) in [6.45, 7) is 5.84. The third-order valence-electron chi connectivity index (χ3n) is 1.72. The van der Waals surface area contributed by atoms with Crippen LogP contribution < -0.4 is 10.8 Å². The third kappa shape index (κ3) is 6.41. The van der Waals surface area contributed by atoms with Crippen molar-refractivity contribution in [2.24, 2.45) is 0 Å². The lowest BCUT2D eigenvalue weighted by atomic mass is 10.2. The Bertz CT molecular complexity index is 388. The second-order valence-corrected chi connectivity index (χ2v) is 5.51. The molecule has 4 nitrogen and oxygen atoms in total. The first kappa shape index (κ1) is 14.2. The maximum Gasteiger partial charge on any atom is 0.240 e. The molecule has 0 unspecified atom stereocenters. The van der Waals surface area contributed by atoms with Gasteiger partial charge in [-0.3, -0.25) is 9.63 Å². The van der Waals surface area contributed by atoms with E-state index in [9.17, 15) is 4.79 Å². The van der Waals surface area contributed by atoms with Crippen molar-refractivity contribution >= 4 is 27.5 Å². The minimum Gasteiger partial charge on any atom is -0.325 e. The predicted octanol–water partition coefficient (Wildman–Crippen LogP) is 2.71. The van der Waals surface area contributed by atoms with Crippen molar-refractivity contribution in [3.05, 3.63) is 28.7 Å². The first-order chi connectivity index (χ1) is 7.87. The minimum atomic E-state index is -0.309. The molecular weight excluding hydrogens is 284 g/mol. The van der Waals surface area contributed by atoms with Gasteiger partial charge in [-0.15, -0.1) is 0 Å². The number of halogens is 1. The Morgan fingerprint density at radius 2 is 2.12 bits per heavy atom. The summed E-state index contributed by atoms with van der Waals surface area (Å²) in [5.41, 5.74) is 3.08. The van der Waals surface area contributed by atoms with Crippen molar-refractivity contribution in [2.75, 3.05) is 11.9 Å². The largest absolute Gasteiger partial charge is 0.325 e. The second-order valence-electron chi connectivity index (χ2n) is 4.59. The van der Waals surface area contributed by atoms with E-state index in [1.807, 2.05) is 45.0 Å². The minimum absolute atomic E-state index is 0.115. The summed E-state index contributed by atoms with van der Waals surface area (Å²) in [6, 6.07) is 7.42. The fraction of sp³-hybridized carbons (Fsp3) is 0.417. The van der Waals surface area contributed by atoms with Gasteiger partial charge in [0.05, 0.1) is 5.60 Å². The number of carbonyl (C=O) groups is 1. The molecule has 0 saturated carbocycles. The summed E-state index contributed by atoms with van der Waals surface area (Å²) in [6.07, 6.45) is 0. The number of hydrogen-bond acceptors (Lipinski definition) is 3. The Hall–Kier alpha value is -0.910. The van der Waals surface area contributed by atoms with E-state index in [1.165, 1.54) is 0 Å². The summed E-state index contributed by atoms with van der Waals surface area (Å²) in [7, 11) is 0. The Balaban J connectivity index is 2.35. The number of rotatable bonds is 4. The first-order valence-corrected chi connectivity index (χ1v) is 6.12. The van der Waals surface area contributed by atoms with E-state index >= 15 is 0 Å². The number of amides is 1. The average molecular weight is 301 g/mol. The molecule has 0 saturated heterocycles. The molecule has 0 heterocycles. The van der Waals surface area contributed by atoms with Crippen LogP contribution in [-0.4, -0.2) is 18.1 Å². The van der Waals surface area contributed by atoms with Crippen LogP contribution in [-0.2, 0) is 9.63 Å². The van der Waals surface area contributed by atoms with Gasteiger partial charge in [-0.2, -0.15) is 5.48 Å². The van der Waals surface area contributed by atoms with Gasteiger partial charge in [0, 0.05) is 10.2 Å². The van der Waals surface area contributed by atoms with Gasteiger partial charge in [-0.05, 0) is 39.0 Å². The van der Waals surface area contributed by atoms with Crippen LogP contribution in [0.1, 0.15) is 20.8 Å². The van der Waals surface area contributed by atoms with Crippen molar-refractivity contribution in [1.29, 1.82) is 0 Å². The Morgan fingerprint density at radius 3 is 2.71 bits per heavy atom. The number of benzene rings is 1. The van der Waals surface area contributed by atoms with Gasteiger partial charge >= 0.3 is 0 Å². The van der Waals surface area contributed by atoms with Crippen LogP contribution in [0, 0.1) is 0 Å². The van der Waals surface area contributed by atoms with E-state index in [1.54, 1.807) is 0 Å². The van der Waals surface area contributed by atoms with E-state index in [0.717, 1.165) is 10.2 Å². The Labute approximate surface area is 110 Å². The Kier molecular flexibility index (Phi) is 5.11. The quantitative estimate of drug-likeness (QED) is 0.841. The van der Waals surface area contributed by atoms with Crippen molar-refractivity contribution in [3.8, 4) is 0 Å². The fourth-order valence-electron chi connectivity index (χ4n) is 1.09. The first-order valence-electron chi connectivity index (χ1n) is 5.33. The zero-order valence-electron chi connectivity index (χ0n) is 10.2. The highest BCUT2D eigenvalue weighted by Gasteiger charge is 2.11. The van der Waals surface area contributed by atoms with Crippen molar-refractivity contribution in [1.82, 2.24) is 5.48 Å². The van der Waals surface area contributed by atoms with Crippen LogP contribution in [0.2, 0.25) is 0 Å². The predicted molar refractivity (Wildman–Crippen MR) is 71.6 cm³/mol. The second kappa shape index (κ2) is 6.14. The van der Waals surface area contributed by atoms with Gasteiger partial charge < -0.3 is 5.32 Å². The number of hydrogen-bond donors (Lipinski definition) is 2. The highest BCUT2D eigenvalue weighted by atomic mass is 79.9. The van der Waals surface area contributed by atoms with Crippen LogP contribution in [0.3, 0.4) is 0 Å². The smallest absolute Gasteiger partial charge is 0.240 e. The molecule has 0 atom stereocenters. The van der Waals surface area contributed by atoms with E-state index in [4.69, 9.17) is 4.84 Å². The lowest BCUT2D eigenvalue weighted by Crippen LogP contribution is -2.34. The molecule has 0 aromatic heterocycles. The normalized spacial score (nSPS) is 11.3. The summed E-state index contributed by atoms with van der Waals surface area (Å²) < 4.78 is 0.925. The van der Waals surface area contributed by atoms with Crippen LogP contribution >= 0.6 is 15.9 Å². The summed E-state index contributed by atoms with van der Waals surface area (Å²) in [5, 5.41) is 2.76. The van der Waals surface area contributed by atoms with Crippen molar-refractivity contribution in [2.45, 2.75) is 26.4 Å². The average Bonchev–Trinajstić information content (AvgIpc) is 2.15. The number of nitrogens with one attached hydrogen (secondary N) is 2. The maximum absolute atomic E-state index is 11.5. The highest BCUT2D eigenvalue weighted by molar-refractivity contribution is 9.10. The third-order valence-corrected chi connectivity index (χ3v) is 2.21. The lowest BCUT2D eigenvalue weighted by molar-refractivity contribution is -0.122. The van der Waals surface area contributed by atoms with Crippen LogP contribution in [0.5, 0.6) is 0 Å². The molecule has 94 valence electrons. The molecular formula is C12H17BrN2O2. The van der Waals surface area contributed by atoms with E-state index in [2.05, 4.69) is 26.7 Å². The van der Waals surface area contributed by atoms with Gasteiger partial charge in [0.15, 0.2) is 0 Å². The molecule has 0 fully saturated rings. The van der Waals surface area contributed by atoms with Crippen molar-refractivity contribution in [3.63, 3.8) is 0 Å². The summed E-state index contributed by atoms with van der Waals surface area (Å²) in [4.78, 5) is 16.8. The maximum atomic E-state index is 11.5. The molecule has 1 amide bonds. The van der Waals surface area contributed by atoms with Gasteiger partial charge in [-0.1, -0.05) is 22.0 Å². The molecule has 17 heavy (non-hydrogen) atoms. The molecule has 0 aliphatic rings. The summed E-state index contributed by atoms with van der Waals surface area (Å²) in [5.74, 6) is -0.146. The zero-order valence-corrected chi connectivity index (χ0v) is 11.8. The molecule has 1 aromatic carbocycles. The summed E-state index contributed by atoms with van der Waals surface area (Å²) >= 11 is 3.34. The number of hydroxylamine groups is 1. The topological polar surface area (TPSA) is 50.4 Å². The van der Waals surface area contributed by atoms with Crippen LogP contribution in [0.4, 0.5) is 5.69 Å². The van der Waals surface area contributed by atoms with Gasteiger partial charge in [0.25, 0.3) is 0 Å². The molecule has 0 aliphatic heterocycles. The standard InChI is InChI=1S/C12H17BrN2O2/c1-12(2,3)17-14-8-11(16)15-10-6-4-5-9(13)7-10/h4-7,14H,8H2,1-3H3,(H,15,16). The fourth-order valence-corrected chi connectivity index (χ4v) is 1.49. The molecule has 0 radical (unpaired) electrons. The van der Waals surface area contributed by atoms with Crippen LogP contribution in [0.15, 0.2) is 28.7 Å².